The van der Waals surface area contributed by atoms with E-state index >= 15 is 0 Å². The number of halogens is 1. The van der Waals surface area contributed by atoms with Crippen molar-refractivity contribution in [3.8, 4) is 23.5 Å². The average molecular weight is 399 g/mol. The first-order valence-corrected chi connectivity index (χ1v) is 9.83. The van der Waals surface area contributed by atoms with Gasteiger partial charge in [-0.1, -0.05) is 29.8 Å². The lowest BCUT2D eigenvalue weighted by Gasteiger charge is -2.14. The van der Waals surface area contributed by atoms with Crippen molar-refractivity contribution in [3.63, 3.8) is 0 Å². The molecule has 1 fully saturated rings. The third-order valence-electron chi connectivity index (χ3n) is 4.38. The minimum absolute atomic E-state index is 0.342. The van der Waals surface area contributed by atoms with E-state index in [4.69, 9.17) is 11.2 Å². The number of fused-ring (bicyclic) bond motifs is 1. The lowest BCUT2D eigenvalue weighted by atomic mass is 10.0. The number of nitrogens with zero attached hydrogens (tertiary/aromatic N) is 3. The minimum atomic E-state index is -0.416. The molecule has 4 rings (SSSR count). The molecule has 0 amide bonds. The van der Waals surface area contributed by atoms with Crippen LogP contribution in [0.3, 0.4) is 0 Å². The maximum absolute atomic E-state index is 13.5. The van der Waals surface area contributed by atoms with Crippen LogP contribution in [0.1, 0.15) is 18.2 Å². The highest BCUT2D eigenvalue weighted by atomic mass is 32.2. The van der Waals surface area contributed by atoms with Gasteiger partial charge >= 0.3 is 5.69 Å². The van der Waals surface area contributed by atoms with Crippen LogP contribution in [-0.2, 0) is 4.74 Å². The Morgan fingerprint density at radius 3 is 3.00 bits per heavy atom. The zero-order valence-electron chi connectivity index (χ0n) is 14.9. The predicted molar refractivity (Wildman–Crippen MR) is 105 cm³/mol. The van der Waals surface area contributed by atoms with E-state index in [1.165, 1.54) is 28.4 Å². The second-order valence-corrected chi connectivity index (χ2v) is 7.22. The van der Waals surface area contributed by atoms with Crippen LogP contribution in [0.5, 0.6) is 0 Å². The Morgan fingerprint density at radius 2 is 2.21 bits per heavy atom. The Morgan fingerprint density at radius 1 is 1.39 bits per heavy atom. The first kappa shape index (κ1) is 18.7. The fourth-order valence-corrected chi connectivity index (χ4v) is 3.66. The van der Waals surface area contributed by atoms with Crippen molar-refractivity contribution >= 4 is 17.4 Å². The number of ether oxygens (including phenoxy) is 1. The highest BCUT2D eigenvalue weighted by Crippen LogP contribution is 2.33. The number of aromatic nitrogens is 4. The Bertz CT molecular complexity index is 1080. The van der Waals surface area contributed by atoms with Crippen LogP contribution in [0.4, 0.5) is 4.39 Å². The van der Waals surface area contributed by atoms with Gasteiger partial charge in [0.2, 0.25) is 0 Å². The molecule has 1 atom stereocenters. The summed E-state index contributed by atoms with van der Waals surface area (Å²) in [7, 11) is 0. The van der Waals surface area contributed by atoms with Gasteiger partial charge in [-0.3, -0.25) is 4.98 Å². The molecule has 7 nitrogen and oxygen atoms in total. The van der Waals surface area contributed by atoms with Crippen LogP contribution in [0, 0.1) is 18.2 Å². The summed E-state index contributed by atoms with van der Waals surface area (Å²) in [4.78, 5) is 19.8. The van der Waals surface area contributed by atoms with Gasteiger partial charge in [-0.2, -0.15) is 9.61 Å². The van der Waals surface area contributed by atoms with Crippen LogP contribution in [0.15, 0.2) is 34.2 Å². The maximum Gasteiger partial charge on any atom is 0.350 e. The molecule has 0 aliphatic carbocycles. The van der Waals surface area contributed by atoms with Crippen molar-refractivity contribution in [2.24, 2.45) is 0 Å². The van der Waals surface area contributed by atoms with Crippen LogP contribution in [0.25, 0.3) is 16.8 Å². The molecule has 2 aromatic heterocycles. The van der Waals surface area contributed by atoms with Gasteiger partial charge in [0.15, 0.2) is 10.8 Å². The summed E-state index contributed by atoms with van der Waals surface area (Å²) < 4.78 is 20.7. The first-order chi connectivity index (χ1) is 13.7. The fourth-order valence-electron chi connectivity index (χ4n) is 3.13. The lowest BCUT2D eigenvalue weighted by molar-refractivity contribution is 0.0641. The molecule has 1 saturated heterocycles. The predicted octanol–water partition coefficient (Wildman–Crippen LogP) is 2.00. The van der Waals surface area contributed by atoms with E-state index in [1.54, 1.807) is 12.1 Å². The number of terminal acetylenes is 1. The van der Waals surface area contributed by atoms with E-state index in [1.807, 2.05) is 0 Å². The Labute approximate surface area is 164 Å². The Kier molecular flexibility index (Phi) is 5.43. The summed E-state index contributed by atoms with van der Waals surface area (Å²) in [5, 5.41) is 8.22. The van der Waals surface area contributed by atoms with Crippen LogP contribution in [0.2, 0.25) is 0 Å². The maximum atomic E-state index is 13.5. The number of benzene rings is 1. The van der Waals surface area contributed by atoms with E-state index in [-0.39, 0.29) is 11.9 Å². The molecule has 0 saturated carbocycles. The van der Waals surface area contributed by atoms with Gasteiger partial charge in [0, 0.05) is 13.2 Å². The van der Waals surface area contributed by atoms with Crippen molar-refractivity contribution < 1.29 is 9.13 Å². The molecule has 28 heavy (non-hydrogen) atoms. The number of H-pyrrole nitrogens is 1. The zero-order chi connectivity index (χ0) is 19.5. The minimum Gasteiger partial charge on any atom is -0.370 e. The second-order valence-electron chi connectivity index (χ2n) is 6.26. The third-order valence-corrected chi connectivity index (χ3v) is 5.16. The number of nitrogens with one attached hydrogen (secondary N) is 2. The smallest absolute Gasteiger partial charge is 0.350 e. The number of thioether (sulfide) groups is 1. The number of hydrogen-bond donors (Lipinski definition) is 2. The van der Waals surface area contributed by atoms with E-state index in [0.717, 1.165) is 13.0 Å². The van der Waals surface area contributed by atoms with Gasteiger partial charge < -0.3 is 10.1 Å². The topological polar surface area (TPSA) is 84.3 Å². The first-order valence-electron chi connectivity index (χ1n) is 8.85. The average Bonchev–Trinajstić information content (AvgIpc) is 2.88. The molecule has 3 heterocycles. The Hall–Kier alpha value is -2.67. The molecule has 0 radical (unpaired) electrons. The molecule has 144 valence electrons. The van der Waals surface area contributed by atoms with Crippen molar-refractivity contribution in [2.45, 2.75) is 17.7 Å². The Balaban J connectivity index is 1.92. The van der Waals surface area contributed by atoms with E-state index in [0.29, 0.717) is 46.5 Å². The molecule has 2 N–H and O–H groups in total. The largest absolute Gasteiger partial charge is 0.370 e. The molecular formula is C19H18FN5O2S. The highest BCUT2D eigenvalue weighted by Gasteiger charge is 2.26. The summed E-state index contributed by atoms with van der Waals surface area (Å²) in [5.74, 6) is 2.54. The lowest BCUT2D eigenvalue weighted by Crippen LogP contribution is -2.22. The molecule has 1 aromatic carbocycles. The fraction of sp³-hybridized carbons (Fsp3) is 0.316. The molecule has 1 aliphatic heterocycles. The summed E-state index contributed by atoms with van der Waals surface area (Å²) in [6, 6.07) is 6.04. The summed E-state index contributed by atoms with van der Waals surface area (Å²) >= 11 is 1.26. The van der Waals surface area contributed by atoms with Gasteiger partial charge in [-0.05, 0) is 30.7 Å². The summed E-state index contributed by atoms with van der Waals surface area (Å²) in [6.07, 6.45) is 5.86. The molecule has 1 aliphatic rings. The second kappa shape index (κ2) is 8.14. The molecule has 0 spiro atoms. The number of hydrogen-bond acceptors (Lipinski definition) is 6. The van der Waals surface area contributed by atoms with Gasteiger partial charge in [-0.25, -0.2) is 14.2 Å². The van der Waals surface area contributed by atoms with Crippen molar-refractivity contribution in [2.75, 3.05) is 25.4 Å². The van der Waals surface area contributed by atoms with Crippen molar-refractivity contribution in [1.82, 2.24) is 24.9 Å². The highest BCUT2D eigenvalue weighted by molar-refractivity contribution is 7.99. The van der Waals surface area contributed by atoms with E-state index < -0.39 is 5.69 Å². The van der Waals surface area contributed by atoms with Gasteiger partial charge in [-0.15, -0.1) is 6.42 Å². The normalized spacial score (nSPS) is 17.4. The van der Waals surface area contributed by atoms with Gasteiger partial charge in [0.05, 0.1) is 11.3 Å². The van der Waals surface area contributed by atoms with Gasteiger partial charge in [0.25, 0.3) is 0 Å². The SMILES string of the molecule is C#CCSc1nc2c(-c3ccc(F)cc3)c(C3CNCCCO3)nn2c(=O)[nH]1. The zero-order valence-corrected chi connectivity index (χ0v) is 15.8. The van der Waals surface area contributed by atoms with Crippen LogP contribution < -0.4 is 11.0 Å². The molecule has 0 bridgehead atoms. The van der Waals surface area contributed by atoms with E-state index in [9.17, 15) is 9.18 Å². The summed E-state index contributed by atoms with van der Waals surface area (Å²) in [6.45, 7) is 2.00. The number of aromatic amines is 1. The van der Waals surface area contributed by atoms with E-state index in [2.05, 4.69) is 26.3 Å². The van der Waals surface area contributed by atoms with Crippen molar-refractivity contribution in [1.29, 1.82) is 0 Å². The monoisotopic (exact) mass is 399 g/mol. The molecular weight excluding hydrogens is 381 g/mol. The summed E-state index contributed by atoms with van der Waals surface area (Å²) in [5.41, 5.74) is 1.93. The number of rotatable bonds is 4. The quantitative estimate of drug-likeness (QED) is 0.516. The van der Waals surface area contributed by atoms with Crippen LogP contribution in [-0.4, -0.2) is 45.0 Å². The van der Waals surface area contributed by atoms with Crippen molar-refractivity contribution in [3.05, 3.63) is 46.3 Å². The van der Waals surface area contributed by atoms with Crippen LogP contribution >= 0.6 is 11.8 Å². The molecule has 1 unspecified atom stereocenters. The molecule has 3 aromatic rings. The third kappa shape index (κ3) is 3.67. The van der Waals surface area contributed by atoms with Gasteiger partial charge in [0.1, 0.15) is 17.6 Å². The standard InChI is InChI=1S/C19H18FN5O2S/c1-2-10-28-18-22-17-15(12-4-6-13(20)7-5-12)16(24-25(17)19(26)23-18)14-11-21-8-3-9-27-14/h1,4-7,14,21H,3,8-11H2,(H,22,23,26). The molecule has 9 heteroatoms.